The normalized spacial score (nSPS) is 20.9. The van der Waals surface area contributed by atoms with Gasteiger partial charge in [-0.1, -0.05) is 6.92 Å². The molecule has 0 aromatic heterocycles. The summed E-state index contributed by atoms with van der Waals surface area (Å²) in [7, 11) is 0. The molecule has 0 aliphatic carbocycles. The molecule has 14 heavy (non-hydrogen) atoms. The third-order valence-corrected chi connectivity index (χ3v) is 3.37. The second-order valence-electron chi connectivity index (χ2n) is 4.33. The molecule has 1 rings (SSSR count). The summed E-state index contributed by atoms with van der Waals surface area (Å²) < 4.78 is 0. The van der Waals surface area contributed by atoms with Crippen molar-refractivity contribution in [1.29, 1.82) is 0 Å². The molecule has 82 valence electrons. The van der Waals surface area contributed by atoms with Crippen LogP contribution in [-0.4, -0.2) is 35.6 Å². The lowest BCUT2D eigenvalue weighted by Gasteiger charge is -2.34. The van der Waals surface area contributed by atoms with Gasteiger partial charge in [-0.25, -0.2) is 0 Å². The van der Waals surface area contributed by atoms with Crippen LogP contribution in [0.25, 0.3) is 0 Å². The SMILES string of the molecule is CC(=O)N1CCC(C(C)CCO)CC1. The van der Waals surface area contributed by atoms with Gasteiger partial charge in [0.1, 0.15) is 0 Å². The first kappa shape index (κ1) is 11.5. The number of carbonyl (C=O) groups is 1. The summed E-state index contributed by atoms with van der Waals surface area (Å²) in [6.45, 7) is 5.92. The van der Waals surface area contributed by atoms with Crippen LogP contribution in [0.1, 0.15) is 33.1 Å². The van der Waals surface area contributed by atoms with Crippen molar-refractivity contribution < 1.29 is 9.90 Å². The highest BCUT2D eigenvalue weighted by molar-refractivity contribution is 5.73. The zero-order chi connectivity index (χ0) is 10.6. The molecule has 1 aliphatic heterocycles. The quantitative estimate of drug-likeness (QED) is 0.743. The zero-order valence-electron chi connectivity index (χ0n) is 9.20. The summed E-state index contributed by atoms with van der Waals surface area (Å²) in [5, 5.41) is 8.84. The van der Waals surface area contributed by atoms with Crippen LogP contribution >= 0.6 is 0 Å². The van der Waals surface area contributed by atoms with Crippen molar-refractivity contribution >= 4 is 5.91 Å². The Balaban J connectivity index is 2.31. The molecule has 0 saturated carbocycles. The molecule has 1 fully saturated rings. The summed E-state index contributed by atoms with van der Waals surface area (Å²) in [5.41, 5.74) is 0. The van der Waals surface area contributed by atoms with Crippen LogP contribution in [0.2, 0.25) is 0 Å². The Morgan fingerprint density at radius 2 is 2.07 bits per heavy atom. The van der Waals surface area contributed by atoms with Gasteiger partial charge in [0.25, 0.3) is 0 Å². The van der Waals surface area contributed by atoms with E-state index in [2.05, 4.69) is 6.92 Å². The van der Waals surface area contributed by atoms with Gasteiger partial charge in [-0.3, -0.25) is 4.79 Å². The van der Waals surface area contributed by atoms with Crippen LogP contribution < -0.4 is 0 Å². The Morgan fingerprint density at radius 3 is 2.50 bits per heavy atom. The number of nitrogens with zero attached hydrogens (tertiary/aromatic N) is 1. The van der Waals surface area contributed by atoms with Crippen molar-refractivity contribution in [2.75, 3.05) is 19.7 Å². The summed E-state index contributed by atoms with van der Waals surface area (Å²) in [4.78, 5) is 13.0. The monoisotopic (exact) mass is 199 g/mol. The molecule has 1 aliphatic rings. The maximum Gasteiger partial charge on any atom is 0.219 e. The summed E-state index contributed by atoms with van der Waals surface area (Å²) in [6.07, 6.45) is 3.09. The highest BCUT2D eigenvalue weighted by Crippen LogP contribution is 2.26. The first-order chi connectivity index (χ1) is 6.65. The number of rotatable bonds is 3. The van der Waals surface area contributed by atoms with Gasteiger partial charge in [-0.05, 0) is 31.1 Å². The van der Waals surface area contributed by atoms with E-state index in [0.717, 1.165) is 32.4 Å². The summed E-state index contributed by atoms with van der Waals surface area (Å²) in [6, 6.07) is 0. The predicted molar refractivity (Wildman–Crippen MR) is 55.8 cm³/mol. The molecule has 0 radical (unpaired) electrons. The van der Waals surface area contributed by atoms with Crippen LogP contribution in [0, 0.1) is 11.8 Å². The summed E-state index contributed by atoms with van der Waals surface area (Å²) >= 11 is 0. The average Bonchev–Trinajstić information content (AvgIpc) is 2.18. The second kappa shape index (κ2) is 5.35. The lowest BCUT2D eigenvalue weighted by Crippen LogP contribution is -2.38. The number of piperidine rings is 1. The lowest BCUT2D eigenvalue weighted by atomic mass is 9.84. The smallest absolute Gasteiger partial charge is 0.219 e. The van der Waals surface area contributed by atoms with Crippen molar-refractivity contribution in [2.24, 2.45) is 11.8 Å². The minimum atomic E-state index is 0.193. The number of aliphatic hydroxyl groups is 1. The van der Waals surface area contributed by atoms with Crippen LogP contribution in [0.3, 0.4) is 0 Å². The van der Waals surface area contributed by atoms with E-state index in [9.17, 15) is 4.79 Å². The van der Waals surface area contributed by atoms with Crippen molar-refractivity contribution in [1.82, 2.24) is 4.90 Å². The van der Waals surface area contributed by atoms with Gasteiger partial charge in [-0.2, -0.15) is 0 Å². The molecule has 0 aromatic rings. The van der Waals surface area contributed by atoms with Gasteiger partial charge in [-0.15, -0.1) is 0 Å². The van der Waals surface area contributed by atoms with Crippen molar-refractivity contribution in [3.8, 4) is 0 Å². The molecule has 1 heterocycles. The minimum Gasteiger partial charge on any atom is -0.396 e. The van der Waals surface area contributed by atoms with E-state index in [1.807, 2.05) is 4.90 Å². The van der Waals surface area contributed by atoms with Crippen molar-refractivity contribution in [3.05, 3.63) is 0 Å². The van der Waals surface area contributed by atoms with Crippen LogP contribution in [-0.2, 0) is 4.79 Å². The van der Waals surface area contributed by atoms with Gasteiger partial charge >= 0.3 is 0 Å². The van der Waals surface area contributed by atoms with E-state index in [1.54, 1.807) is 6.92 Å². The Labute approximate surface area is 86.1 Å². The first-order valence-corrected chi connectivity index (χ1v) is 5.51. The molecule has 1 unspecified atom stereocenters. The molecule has 1 atom stereocenters. The topological polar surface area (TPSA) is 40.5 Å². The van der Waals surface area contributed by atoms with E-state index < -0.39 is 0 Å². The summed E-state index contributed by atoms with van der Waals surface area (Å²) in [5.74, 6) is 1.48. The highest BCUT2D eigenvalue weighted by Gasteiger charge is 2.24. The van der Waals surface area contributed by atoms with E-state index in [4.69, 9.17) is 5.11 Å². The molecular formula is C11H21NO2. The number of carbonyl (C=O) groups excluding carboxylic acids is 1. The number of hydrogen-bond donors (Lipinski definition) is 1. The number of likely N-dealkylation sites (tertiary alicyclic amines) is 1. The van der Waals surface area contributed by atoms with Crippen molar-refractivity contribution in [2.45, 2.75) is 33.1 Å². The van der Waals surface area contributed by atoms with E-state index in [-0.39, 0.29) is 12.5 Å². The minimum absolute atomic E-state index is 0.193. The maximum absolute atomic E-state index is 11.1. The van der Waals surface area contributed by atoms with Crippen LogP contribution in [0.15, 0.2) is 0 Å². The molecule has 0 aromatic carbocycles. The standard InChI is InChI=1S/C11H21NO2/c1-9(5-8-13)11-3-6-12(7-4-11)10(2)14/h9,11,13H,3-8H2,1-2H3. The van der Waals surface area contributed by atoms with E-state index in [1.165, 1.54) is 0 Å². The van der Waals surface area contributed by atoms with Gasteiger partial charge in [0.15, 0.2) is 0 Å². The third kappa shape index (κ3) is 2.98. The molecule has 1 saturated heterocycles. The van der Waals surface area contributed by atoms with Gasteiger partial charge in [0.2, 0.25) is 5.91 Å². The Kier molecular flexibility index (Phi) is 4.39. The average molecular weight is 199 g/mol. The highest BCUT2D eigenvalue weighted by atomic mass is 16.3. The fourth-order valence-corrected chi connectivity index (χ4v) is 2.22. The fourth-order valence-electron chi connectivity index (χ4n) is 2.22. The molecule has 0 spiro atoms. The largest absolute Gasteiger partial charge is 0.396 e. The molecule has 1 N–H and O–H groups in total. The second-order valence-corrected chi connectivity index (χ2v) is 4.33. The Hall–Kier alpha value is -0.570. The predicted octanol–water partition coefficient (Wildman–Crippen LogP) is 1.26. The van der Waals surface area contributed by atoms with Crippen molar-refractivity contribution in [3.63, 3.8) is 0 Å². The van der Waals surface area contributed by atoms with Crippen LogP contribution in [0.5, 0.6) is 0 Å². The van der Waals surface area contributed by atoms with Gasteiger partial charge in [0.05, 0.1) is 0 Å². The Bertz CT molecular complexity index is 186. The molecule has 0 bridgehead atoms. The molecule has 1 amide bonds. The fraction of sp³-hybridized carbons (Fsp3) is 0.909. The van der Waals surface area contributed by atoms with Crippen LogP contribution in [0.4, 0.5) is 0 Å². The Morgan fingerprint density at radius 1 is 1.50 bits per heavy atom. The number of amides is 1. The zero-order valence-corrected chi connectivity index (χ0v) is 9.20. The molecular weight excluding hydrogens is 178 g/mol. The van der Waals surface area contributed by atoms with Gasteiger partial charge in [0, 0.05) is 26.6 Å². The molecule has 3 nitrogen and oxygen atoms in total. The lowest BCUT2D eigenvalue weighted by molar-refractivity contribution is -0.130. The number of hydrogen-bond acceptors (Lipinski definition) is 2. The maximum atomic E-state index is 11.1. The van der Waals surface area contributed by atoms with Gasteiger partial charge < -0.3 is 10.0 Å². The van der Waals surface area contributed by atoms with E-state index in [0.29, 0.717) is 11.8 Å². The number of aliphatic hydroxyl groups excluding tert-OH is 1. The molecule has 3 heteroatoms. The first-order valence-electron chi connectivity index (χ1n) is 5.51. The van der Waals surface area contributed by atoms with E-state index >= 15 is 0 Å². The third-order valence-electron chi connectivity index (χ3n) is 3.37.